The van der Waals surface area contributed by atoms with E-state index in [2.05, 4.69) is 15.9 Å². The molecule has 8 aromatic rings. The number of nitrogens with zero attached hydrogens (tertiary/aromatic N) is 3. The predicted molar refractivity (Wildman–Crippen MR) is 166 cm³/mol. The van der Waals surface area contributed by atoms with Gasteiger partial charge in [-0.05, 0) is 51.9 Å². The molecular formula is C35H20BrN3O. The SMILES string of the molecule is [2H]c1c([2H])c([2H])c2c([2H])c([2H])c(-c3nc(-c4ccc5c(c4)oc4ccccc45)nc(-c4cccc5c(Br)cccc45)n3)cc2c1[2H]. The lowest BCUT2D eigenvalue weighted by molar-refractivity contribution is 0.669. The Bertz CT molecular complexity index is 2590. The van der Waals surface area contributed by atoms with Gasteiger partial charge in [0, 0.05) is 31.9 Å². The largest absolute Gasteiger partial charge is 0.456 e. The second-order valence-electron chi connectivity index (χ2n) is 9.35. The van der Waals surface area contributed by atoms with Crippen LogP contribution in [0.3, 0.4) is 0 Å². The molecule has 0 saturated carbocycles. The zero-order valence-electron chi connectivity index (χ0n) is 26.7. The van der Waals surface area contributed by atoms with Crippen molar-refractivity contribution in [1.82, 2.24) is 15.0 Å². The molecule has 0 aliphatic heterocycles. The van der Waals surface area contributed by atoms with Crippen LogP contribution in [0.25, 0.3) is 77.6 Å². The summed E-state index contributed by atoms with van der Waals surface area (Å²) in [5.41, 5.74) is 2.95. The lowest BCUT2D eigenvalue weighted by atomic mass is 10.0. The van der Waals surface area contributed by atoms with E-state index in [0.717, 1.165) is 37.2 Å². The molecule has 0 aliphatic rings. The lowest BCUT2D eigenvalue weighted by Gasteiger charge is -2.11. The topological polar surface area (TPSA) is 51.8 Å². The molecule has 4 nitrogen and oxygen atoms in total. The second-order valence-corrected chi connectivity index (χ2v) is 10.2. The predicted octanol–water partition coefficient (Wildman–Crippen LogP) is 9.84. The lowest BCUT2D eigenvalue weighted by Crippen LogP contribution is -2.00. The molecular weight excluding hydrogens is 558 g/mol. The summed E-state index contributed by atoms with van der Waals surface area (Å²) in [5, 5.41) is 3.89. The van der Waals surface area contributed by atoms with Gasteiger partial charge in [-0.15, -0.1) is 0 Å². The van der Waals surface area contributed by atoms with Gasteiger partial charge in [-0.1, -0.05) is 107 Å². The van der Waals surface area contributed by atoms with Crippen molar-refractivity contribution in [2.45, 2.75) is 0 Å². The number of furan rings is 1. The Hall–Kier alpha value is -4.87. The van der Waals surface area contributed by atoms with Crippen LogP contribution in [0.2, 0.25) is 0 Å². The van der Waals surface area contributed by atoms with Crippen LogP contribution in [0.4, 0.5) is 0 Å². The Morgan fingerprint density at radius 1 is 0.550 bits per heavy atom. The van der Waals surface area contributed by atoms with Crippen LogP contribution in [-0.2, 0) is 0 Å². The number of para-hydroxylation sites is 1. The first-order chi connectivity index (χ1) is 22.2. The zero-order valence-corrected chi connectivity index (χ0v) is 22.3. The number of benzene rings is 6. The number of halogens is 1. The number of fused-ring (bicyclic) bond motifs is 5. The quantitative estimate of drug-likeness (QED) is 0.207. The molecule has 2 heterocycles. The summed E-state index contributed by atoms with van der Waals surface area (Å²) in [7, 11) is 0. The van der Waals surface area contributed by atoms with Crippen molar-refractivity contribution in [3.8, 4) is 34.2 Å². The van der Waals surface area contributed by atoms with Crippen LogP contribution < -0.4 is 0 Å². The van der Waals surface area contributed by atoms with Crippen molar-refractivity contribution in [2.24, 2.45) is 0 Å². The molecule has 0 unspecified atom stereocenters. The summed E-state index contributed by atoms with van der Waals surface area (Å²) in [6.45, 7) is 0. The van der Waals surface area contributed by atoms with Gasteiger partial charge in [0.2, 0.25) is 0 Å². The molecule has 0 bridgehead atoms. The summed E-state index contributed by atoms with van der Waals surface area (Å²) in [4.78, 5) is 14.5. The smallest absolute Gasteiger partial charge is 0.164 e. The van der Waals surface area contributed by atoms with Crippen LogP contribution in [0, 0.1) is 0 Å². The molecule has 8 rings (SSSR count). The Morgan fingerprint density at radius 3 is 2.20 bits per heavy atom. The van der Waals surface area contributed by atoms with Gasteiger partial charge in [-0.2, -0.15) is 0 Å². The van der Waals surface area contributed by atoms with E-state index in [9.17, 15) is 0 Å². The van der Waals surface area contributed by atoms with Crippen LogP contribution in [-0.4, -0.2) is 15.0 Å². The van der Waals surface area contributed by atoms with Crippen LogP contribution in [0.5, 0.6) is 0 Å². The minimum atomic E-state index is -0.453. The normalized spacial score (nSPS) is 13.7. The molecule has 0 amide bonds. The summed E-state index contributed by atoms with van der Waals surface area (Å²) < 4.78 is 58.0. The van der Waals surface area contributed by atoms with Crippen LogP contribution >= 0.6 is 15.9 Å². The summed E-state index contributed by atoms with van der Waals surface area (Å²) in [5.74, 6) is 0.759. The maximum atomic E-state index is 8.92. The van der Waals surface area contributed by atoms with Gasteiger partial charge >= 0.3 is 0 Å². The van der Waals surface area contributed by atoms with E-state index >= 15 is 0 Å². The molecule has 5 heteroatoms. The molecule has 0 aliphatic carbocycles. The van der Waals surface area contributed by atoms with Crippen molar-refractivity contribution in [3.05, 3.63) is 126 Å². The zero-order chi connectivity index (χ0) is 31.9. The molecule has 40 heavy (non-hydrogen) atoms. The van der Waals surface area contributed by atoms with Gasteiger partial charge in [-0.3, -0.25) is 0 Å². The maximum absolute atomic E-state index is 8.92. The highest BCUT2D eigenvalue weighted by Gasteiger charge is 2.16. The van der Waals surface area contributed by atoms with E-state index in [1.807, 2.05) is 78.9 Å². The highest BCUT2D eigenvalue weighted by atomic mass is 79.9. The highest BCUT2D eigenvalue weighted by molar-refractivity contribution is 9.10. The fourth-order valence-electron chi connectivity index (χ4n) is 5.04. The van der Waals surface area contributed by atoms with E-state index in [0.29, 0.717) is 22.8 Å². The van der Waals surface area contributed by atoms with E-state index in [1.165, 1.54) is 6.07 Å². The number of hydrogen-bond acceptors (Lipinski definition) is 4. The Morgan fingerprint density at radius 2 is 1.27 bits per heavy atom. The first-order valence-corrected chi connectivity index (χ1v) is 13.4. The molecule has 0 fully saturated rings. The number of rotatable bonds is 3. The van der Waals surface area contributed by atoms with Gasteiger partial charge in [0.05, 0.1) is 8.22 Å². The van der Waals surface area contributed by atoms with Crippen molar-refractivity contribution in [2.75, 3.05) is 0 Å². The number of hydrogen-bond donors (Lipinski definition) is 0. The van der Waals surface area contributed by atoms with Crippen molar-refractivity contribution in [1.29, 1.82) is 0 Å². The first-order valence-electron chi connectivity index (χ1n) is 15.6. The Balaban J connectivity index is 1.43. The minimum absolute atomic E-state index is 0.0245. The highest BCUT2D eigenvalue weighted by Crippen LogP contribution is 2.35. The maximum Gasteiger partial charge on any atom is 0.164 e. The van der Waals surface area contributed by atoms with Gasteiger partial charge in [0.15, 0.2) is 17.5 Å². The van der Waals surface area contributed by atoms with E-state index in [1.54, 1.807) is 0 Å². The molecule has 0 atom stereocenters. The van der Waals surface area contributed by atoms with E-state index < -0.39 is 12.1 Å². The average Bonchev–Trinajstić information content (AvgIpc) is 3.45. The summed E-state index contributed by atoms with van der Waals surface area (Å²) >= 11 is 3.64. The third-order valence-corrected chi connectivity index (χ3v) is 7.64. The molecule has 2 aromatic heterocycles. The summed E-state index contributed by atoms with van der Waals surface area (Å²) in [6.07, 6.45) is 0. The molecule has 0 spiro atoms. The molecule has 0 N–H and O–H groups in total. The first kappa shape index (κ1) is 17.7. The summed E-state index contributed by atoms with van der Waals surface area (Å²) in [6, 6.07) is 24.6. The standard InChI is InChI=1S/C35H20BrN3O/c36-30-13-6-10-25-26(30)11-5-12-29(25)35-38-33(23-16-15-21-7-1-2-8-22(21)19-23)37-34(39-35)24-17-18-28-27-9-3-4-14-31(27)40-32(28)20-24/h1-20H/i1D,2D,7D,8D,15D,16D. The van der Waals surface area contributed by atoms with Gasteiger partial charge in [0.25, 0.3) is 0 Å². The fraction of sp³-hybridized carbons (Fsp3) is 0. The van der Waals surface area contributed by atoms with Gasteiger partial charge in [-0.25, -0.2) is 15.0 Å². The van der Waals surface area contributed by atoms with Gasteiger partial charge < -0.3 is 4.42 Å². The second kappa shape index (κ2) is 9.11. The van der Waals surface area contributed by atoms with Gasteiger partial charge in [0.1, 0.15) is 11.2 Å². The van der Waals surface area contributed by atoms with Crippen LogP contribution in [0.15, 0.2) is 130 Å². The third kappa shape index (κ3) is 3.78. The van der Waals surface area contributed by atoms with E-state index in [-0.39, 0.29) is 46.3 Å². The molecule has 6 aromatic carbocycles. The monoisotopic (exact) mass is 583 g/mol. The molecule has 188 valence electrons. The minimum Gasteiger partial charge on any atom is -0.456 e. The molecule has 0 radical (unpaired) electrons. The third-order valence-electron chi connectivity index (χ3n) is 6.95. The molecule has 0 saturated heterocycles. The van der Waals surface area contributed by atoms with Crippen LogP contribution in [0.1, 0.15) is 8.22 Å². The average molecular weight is 585 g/mol. The Labute approximate surface area is 246 Å². The van der Waals surface area contributed by atoms with E-state index in [4.69, 9.17) is 27.6 Å². The Kier molecular flexibility index (Phi) is 4.02. The fourth-order valence-corrected chi connectivity index (χ4v) is 5.54. The van der Waals surface area contributed by atoms with Crippen molar-refractivity contribution in [3.63, 3.8) is 0 Å². The van der Waals surface area contributed by atoms with Crippen molar-refractivity contribution >= 4 is 59.4 Å². The number of aromatic nitrogens is 3. The van der Waals surface area contributed by atoms with Crippen molar-refractivity contribution < 1.29 is 12.6 Å².